The van der Waals surface area contributed by atoms with Crippen LogP contribution in [-0.4, -0.2) is 31.1 Å². The van der Waals surface area contributed by atoms with Gasteiger partial charge in [0, 0.05) is 6.20 Å². The molecular formula is C9H11NO4. The molecule has 0 fully saturated rings. The van der Waals surface area contributed by atoms with E-state index in [4.69, 9.17) is 0 Å². The van der Waals surface area contributed by atoms with Crippen molar-refractivity contribution in [3.63, 3.8) is 0 Å². The molecule has 0 aliphatic rings. The van der Waals surface area contributed by atoms with Crippen molar-refractivity contribution >= 4 is 11.9 Å². The second-order valence-electron chi connectivity index (χ2n) is 2.62. The second kappa shape index (κ2) is 4.45. The van der Waals surface area contributed by atoms with E-state index in [2.05, 4.69) is 14.5 Å². The van der Waals surface area contributed by atoms with Crippen LogP contribution in [0.3, 0.4) is 0 Å². The van der Waals surface area contributed by atoms with E-state index in [0.29, 0.717) is 5.56 Å². The molecule has 0 spiro atoms. The molecule has 0 saturated heterocycles. The third-order valence-electron chi connectivity index (χ3n) is 1.79. The van der Waals surface area contributed by atoms with Gasteiger partial charge in [-0.3, -0.25) is 4.79 Å². The summed E-state index contributed by atoms with van der Waals surface area (Å²) in [5.74, 6) is -0.886. The monoisotopic (exact) mass is 197 g/mol. The standard InChI is InChI=1S/C9H11NO4/c1-13-7(11)5-6-3-4-10-8(6)9(12)14-2/h3-4,10H,5H2,1-2H3. The van der Waals surface area contributed by atoms with Crippen LogP contribution in [0.1, 0.15) is 16.1 Å². The van der Waals surface area contributed by atoms with Crippen LogP contribution in [-0.2, 0) is 20.7 Å². The van der Waals surface area contributed by atoms with E-state index in [0.717, 1.165) is 0 Å². The summed E-state index contributed by atoms with van der Waals surface area (Å²) in [6.45, 7) is 0. The second-order valence-corrected chi connectivity index (χ2v) is 2.62. The lowest BCUT2D eigenvalue weighted by molar-refractivity contribution is -0.139. The number of esters is 2. The van der Waals surface area contributed by atoms with E-state index in [-0.39, 0.29) is 12.1 Å². The molecule has 0 amide bonds. The topological polar surface area (TPSA) is 68.4 Å². The molecule has 1 rings (SSSR count). The number of nitrogens with one attached hydrogen (secondary N) is 1. The van der Waals surface area contributed by atoms with Crippen LogP contribution < -0.4 is 0 Å². The number of methoxy groups -OCH3 is 2. The Morgan fingerprint density at radius 2 is 2.07 bits per heavy atom. The van der Waals surface area contributed by atoms with Gasteiger partial charge in [0.15, 0.2) is 0 Å². The molecule has 5 heteroatoms. The predicted octanol–water partition coefficient (Wildman–Crippen LogP) is 0.517. The molecule has 1 aromatic heterocycles. The van der Waals surface area contributed by atoms with E-state index in [1.54, 1.807) is 12.3 Å². The Morgan fingerprint density at radius 3 is 2.64 bits per heavy atom. The molecule has 1 N–H and O–H groups in total. The Morgan fingerprint density at radius 1 is 1.36 bits per heavy atom. The van der Waals surface area contributed by atoms with Gasteiger partial charge in [-0.05, 0) is 11.6 Å². The molecule has 0 aliphatic heterocycles. The first-order valence-electron chi connectivity index (χ1n) is 4.00. The summed E-state index contributed by atoms with van der Waals surface area (Å²) >= 11 is 0. The highest BCUT2D eigenvalue weighted by atomic mass is 16.5. The first-order chi connectivity index (χ1) is 6.69. The molecule has 1 heterocycles. The molecule has 0 aromatic carbocycles. The molecule has 0 unspecified atom stereocenters. The van der Waals surface area contributed by atoms with Crippen LogP contribution >= 0.6 is 0 Å². The van der Waals surface area contributed by atoms with Gasteiger partial charge >= 0.3 is 11.9 Å². The van der Waals surface area contributed by atoms with Crippen LogP contribution in [0.15, 0.2) is 12.3 Å². The number of carbonyl (C=O) groups is 2. The van der Waals surface area contributed by atoms with Gasteiger partial charge in [0.2, 0.25) is 0 Å². The van der Waals surface area contributed by atoms with Crippen LogP contribution in [0, 0.1) is 0 Å². The minimum atomic E-state index is -0.492. The Bertz CT molecular complexity index is 342. The maximum absolute atomic E-state index is 11.2. The fourth-order valence-corrected chi connectivity index (χ4v) is 1.07. The molecule has 14 heavy (non-hydrogen) atoms. The zero-order chi connectivity index (χ0) is 10.6. The predicted molar refractivity (Wildman–Crippen MR) is 47.9 cm³/mol. The maximum Gasteiger partial charge on any atom is 0.354 e. The summed E-state index contributed by atoms with van der Waals surface area (Å²) in [5.41, 5.74) is 0.863. The van der Waals surface area contributed by atoms with Gasteiger partial charge in [-0.2, -0.15) is 0 Å². The van der Waals surface area contributed by atoms with Crippen molar-refractivity contribution < 1.29 is 19.1 Å². The summed E-state index contributed by atoms with van der Waals surface area (Å²) in [7, 11) is 2.58. The largest absolute Gasteiger partial charge is 0.469 e. The van der Waals surface area contributed by atoms with Crippen molar-refractivity contribution in [3.8, 4) is 0 Å². The van der Waals surface area contributed by atoms with E-state index < -0.39 is 11.9 Å². The third kappa shape index (κ3) is 2.12. The first kappa shape index (κ1) is 10.3. The summed E-state index contributed by atoms with van der Waals surface area (Å²) in [5, 5.41) is 0. The van der Waals surface area contributed by atoms with Crippen LogP contribution in [0.2, 0.25) is 0 Å². The fraction of sp³-hybridized carbons (Fsp3) is 0.333. The zero-order valence-electron chi connectivity index (χ0n) is 7.99. The number of rotatable bonds is 3. The number of aromatic amines is 1. The number of ether oxygens (including phenoxy) is 2. The summed E-state index contributed by atoms with van der Waals surface area (Å²) in [6.07, 6.45) is 1.63. The molecule has 0 saturated carbocycles. The van der Waals surface area contributed by atoms with Crippen LogP contribution in [0.5, 0.6) is 0 Å². The van der Waals surface area contributed by atoms with Crippen LogP contribution in [0.25, 0.3) is 0 Å². The SMILES string of the molecule is COC(=O)Cc1cc[nH]c1C(=O)OC. The smallest absolute Gasteiger partial charge is 0.354 e. The van der Waals surface area contributed by atoms with E-state index >= 15 is 0 Å². The average molecular weight is 197 g/mol. The van der Waals surface area contributed by atoms with Gasteiger partial charge < -0.3 is 14.5 Å². The molecule has 0 aliphatic carbocycles. The van der Waals surface area contributed by atoms with Crippen LogP contribution in [0.4, 0.5) is 0 Å². The molecule has 0 radical (unpaired) electrons. The fourth-order valence-electron chi connectivity index (χ4n) is 1.07. The number of hydrogen-bond donors (Lipinski definition) is 1. The number of hydrogen-bond acceptors (Lipinski definition) is 4. The van der Waals surface area contributed by atoms with Crippen molar-refractivity contribution in [1.29, 1.82) is 0 Å². The Kier molecular flexibility index (Phi) is 3.28. The van der Waals surface area contributed by atoms with Gasteiger partial charge in [-0.25, -0.2) is 4.79 Å². The van der Waals surface area contributed by atoms with Gasteiger partial charge in [-0.15, -0.1) is 0 Å². The van der Waals surface area contributed by atoms with E-state index in [1.165, 1.54) is 14.2 Å². The van der Waals surface area contributed by atoms with Crippen molar-refractivity contribution in [2.24, 2.45) is 0 Å². The Balaban J connectivity index is 2.82. The minimum absolute atomic E-state index is 0.0600. The molecule has 0 bridgehead atoms. The zero-order valence-corrected chi connectivity index (χ0v) is 7.99. The van der Waals surface area contributed by atoms with Crippen molar-refractivity contribution in [3.05, 3.63) is 23.5 Å². The molecular weight excluding hydrogens is 186 g/mol. The third-order valence-corrected chi connectivity index (χ3v) is 1.79. The van der Waals surface area contributed by atoms with Crippen molar-refractivity contribution in [2.45, 2.75) is 6.42 Å². The summed E-state index contributed by atoms with van der Waals surface area (Å²) in [6, 6.07) is 1.64. The minimum Gasteiger partial charge on any atom is -0.469 e. The highest BCUT2D eigenvalue weighted by Crippen LogP contribution is 2.09. The summed E-state index contributed by atoms with van der Waals surface area (Å²) in [4.78, 5) is 24.8. The average Bonchev–Trinajstić information content (AvgIpc) is 2.64. The quantitative estimate of drug-likeness (QED) is 0.717. The van der Waals surface area contributed by atoms with Gasteiger partial charge in [0.25, 0.3) is 0 Å². The van der Waals surface area contributed by atoms with Gasteiger partial charge in [0.05, 0.1) is 20.6 Å². The number of carbonyl (C=O) groups excluding carboxylic acids is 2. The van der Waals surface area contributed by atoms with Gasteiger partial charge in [0.1, 0.15) is 5.69 Å². The molecule has 5 nitrogen and oxygen atoms in total. The molecule has 1 aromatic rings. The lowest BCUT2D eigenvalue weighted by atomic mass is 10.2. The Hall–Kier alpha value is -1.78. The lowest BCUT2D eigenvalue weighted by Crippen LogP contribution is -2.10. The lowest BCUT2D eigenvalue weighted by Gasteiger charge is -2.00. The molecule has 76 valence electrons. The maximum atomic E-state index is 11.2. The van der Waals surface area contributed by atoms with Gasteiger partial charge in [-0.1, -0.05) is 0 Å². The molecule has 0 atom stereocenters. The highest BCUT2D eigenvalue weighted by Gasteiger charge is 2.15. The highest BCUT2D eigenvalue weighted by molar-refractivity contribution is 5.90. The van der Waals surface area contributed by atoms with E-state index in [9.17, 15) is 9.59 Å². The number of aromatic nitrogens is 1. The number of H-pyrrole nitrogens is 1. The first-order valence-corrected chi connectivity index (χ1v) is 4.00. The Labute approximate surface area is 81.0 Å². The summed E-state index contributed by atoms with van der Waals surface area (Å²) < 4.78 is 9.02. The normalized spacial score (nSPS) is 9.57. The van der Waals surface area contributed by atoms with Crippen molar-refractivity contribution in [2.75, 3.05) is 14.2 Å². The van der Waals surface area contributed by atoms with Crippen molar-refractivity contribution in [1.82, 2.24) is 4.98 Å². The van der Waals surface area contributed by atoms with E-state index in [1.807, 2.05) is 0 Å².